The summed E-state index contributed by atoms with van der Waals surface area (Å²) in [6.45, 7) is 0.0461. The molecule has 166 valence electrons. The van der Waals surface area contributed by atoms with Crippen LogP contribution in [-0.4, -0.2) is 10.8 Å². The number of nitrogens with one attached hydrogen (secondary N) is 1. The minimum absolute atomic E-state index is 0.0461. The Bertz CT molecular complexity index is 1260. The lowest BCUT2D eigenvalue weighted by atomic mass is 10.1. The largest absolute Gasteiger partial charge is 0.489 e. The highest BCUT2D eigenvalue weighted by atomic mass is 35.5. The number of anilines is 1. The van der Waals surface area contributed by atoms with E-state index < -0.39 is 10.8 Å². The van der Waals surface area contributed by atoms with Gasteiger partial charge < -0.3 is 10.1 Å². The Hall–Kier alpha value is -3.93. The van der Waals surface area contributed by atoms with Crippen molar-refractivity contribution in [2.75, 3.05) is 5.32 Å². The van der Waals surface area contributed by atoms with E-state index in [0.717, 1.165) is 12.1 Å². The van der Waals surface area contributed by atoms with Gasteiger partial charge in [0.05, 0.1) is 20.7 Å². The molecule has 1 N–H and O–H groups in total. The monoisotopic (exact) mass is 485 g/mol. The molecule has 0 saturated carbocycles. The van der Waals surface area contributed by atoms with Crippen LogP contribution < -0.4 is 10.1 Å². The Labute approximate surface area is 197 Å². The number of nitro benzene ring substituents is 1. The molecule has 3 aromatic carbocycles. The number of hydrogen-bond donors (Lipinski definition) is 1. The quantitative estimate of drug-likeness (QED) is 0.186. The maximum atomic E-state index is 13.7. The number of rotatable bonds is 7. The molecule has 3 aromatic rings. The van der Waals surface area contributed by atoms with Gasteiger partial charge in [0.25, 0.3) is 11.6 Å². The number of hydrogen-bond acceptors (Lipinski definition) is 5. The summed E-state index contributed by atoms with van der Waals surface area (Å²) in [5.41, 5.74) is 0.304. The fourth-order valence-electron chi connectivity index (χ4n) is 2.72. The smallest absolute Gasteiger partial charge is 0.272 e. The molecule has 0 atom stereocenters. The lowest BCUT2D eigenvalue weighted by Gasteiger charge is -2.09. The van der Waals surface area contributed by atoms with E-state index in [2.05, 4.69) is 5.32 Å². The Morgan fingerprint density at radius 3 is 2.36 bits per heavy atom. The molecule has 0 aromatic heterocycles. The lowest BCUT2D eigenvalue weighted by molar-refractivity contribution is -0.384. The van der Waals surface area contributed by atoms with Crippen LogP contribution in [0.5, 0.6) is 5.75 Å². The number of carbonyl (C=O) groups is 1. The number of amides is 1. The zero-order valence-corrected chi connectivity index (χ0v) is 18.2. The number of carbonyl (C=O) groups excluding carboxylic acids is 1. The molecule has 0 unspecified atom stereocenters. The second-order valence-electron chi connectivity index (χ2n) is 6.61. The van der Waals surface area contributed by atoms with Crippen LogP contribution in [0.3, 0.4) is 0 Å². The van der Waals surface area contributed by atoms with Crippen molar-refractivity contribution in [2.24, 2.45) is 0 Å². The van der Waals surface area contributed by atoms with Gasteiger partial charge in [-0.1, -0.05) is 53.5 Å². The van der Waals surface area contributed by atoms with E-state index in [0.29, 0.717) is 16.9 Å². The van der Waals surface area contributed by atoms with Crippen LogP contribution in [0.15, 0.2) is 66.2 Å². The van der Waals surface area contributed by atoms with Gasteiger partial charge in [-0.25, -0.2) is 4.39 Å². The molecule has 0 heterocycles. The van der Waals surface area contributed by atoms with E-state index in [9.17, 15) is 24.6 Å². The molecule has 0 saturated heterocycles. The average Bonchev–Trinajstić information content (AvgIpc) is 2.79. The summed E-state index contributed by atoms with van der Waals surface area (Å²) in [6.07, 6.45) is 1.34. The summed E-state index contributed by atoms with van der Waals surface area (Å²) in [6, 6.07) is 16.6. The third-order valence-electron chi connectivity index (χ3n) is 4.38. The Balaban J connectivity index is 1.71. The number of nitro groups is 1. The van der Waals surface area contributed by atoms with Crippen LogP contribution in [-0.2, 0) is 11.4 Å². The van der Waals surface area contributed by atoms with Gasteiger partial charge in [0.2, 0.25) is 0 Å². The summed E-state index contributed by atoms with van der Waals surface area (Å²) >= 11 is 12.0. The molecule has 7 nitrogen and oxygen atoms in total. The molecule has 1 amide bonds. The van der Waals surface area contributed by atoms with Crippen molar-refractivity contribution in [1.82, 2.24) is 0 Å². The Morgan fingerprint density at radius 1 is 1.15 bits per heavy atom. The van der Waals surface area contributed by atoms with E-state index in [4.69, 9.17) is 27.9 Å². The summed E-state index contributed by atoms with van der Waals surface area (Å²) in [5.74, 6) is -0.687. The van der Waals surface area contributed by atoms with Crippen molar-refractivity contribution in [3.05, 3.63) is 103 Å². The van der Waals surface area contributed by atoms with Gasteiger partial charge in [-0.2, -0.15) is 5.26 Å². The normalized spacial score (nSPS) is 10.9. The number of non-ortho nitro benzene ring substituents is 1. The molecule has 3 rings (SSSR count). The van der Waals surface area contributed by atoms with Gasteiger partial charge in [0.1, 0.15) is 29.8 Å². The van der Waals surface area contributed by atoms with Crippen LogP contribution in [0.1, 0.15) is 11.1 Å². The van der Waals surface area contributed by atoms with Crippen LogP contribution in [0.2, 0.25) is 10.0 Å². The summed E-state index contributed by atoms with van der Waals surface area (Å²) in [7, 11) is 0. The van der Waals surface area contributed by atoms with Gasteiger partial charge in [0.15, 0.2) is 0 Å². The highest BCUT2D eigenvalue weighted by Gasteiger charge is 2.18. The Kier molecular flexibility index (Phi) is 7.61. The molecular weight excluding hydrogens is 472 g/mol. The third kappa shape index (κ3) is 6.07. The van der Waals surface area contributed by atoms with E-state index in [-0.39, 0.29) is 39.4 Å². The Morgan fingerprint density at radius 2 is 1.79 bits per heavy atom. The molecule has 10 heteroatoms. The molecule has 0 fully saturated rings. The molecule has 33 heavy (non-hydrogen) atoms. The summed E-state index contributed by atoms with van der Waals surface area (Å²) < 4.78 is 19.2. The summed E-state index contributed by atoms with van der Waals surface area (Å²) in [5, 5.41) is 22.4. The number of nitrogens with zero attached hydrogens (tertiary/aromatic N) is 2. The number of benzene rings is 3. The van der Waals surface area contributed by atoms with Crippen LogP contribution in [0.25, 0.3) is 6.08 Å². The van der Waals surface area contributed by atoms with E-state index in [1.54, 1.807) is 48.5 Å². The highest BCUT2D eigenvalue weighted by molar-refractivity contribution is 6.40. The van der Waals surface area contributed by atoms with E-state index in [1.807, 2.05) is 0 Å². The minimum Gasteiger partial charge on any atom is -0.489 e. The fraction of sp³-hybridized carbons (Fsp3) is 0.0435. The first kappa shape index (κ1) is 23.7. The van der Waals surface area contributed by atoms with Crippen molar-refractivity contribution in [1.29, 1.82) is 5.26 Å². The average molecular weight is 486 g/mol. The van der Waals surface area contributed by atoms with Gasteiger partial charge in [-0.05, 0) is 29.8 Å². The fourth-order valence-corrected chi connectivity index (χ4v) is 3.29. The second kappa shape index (κ2) is 10.6. The standard InChI is InChI=1S/C23H14Cl2FN3O4/c24-19-10-17(29(31)32)11-20(25)22(19)28-23(30)16(12-27)9-14-5-7-18(8-6-14)33-13-15-3-1-2-4-21(15)26/h1-11H,13H2,(H,28,30)/b16-9+. The topological polar surface area (TPSA) is 105 Å². The number of halogens is 3. The minimum atomic E-state index is -0.796. The first-order valence-corrected chi connectivity index (χ1v) is 10.1. The molecule has 0 aliphatic rings. The van der Waals surface area contributed by atoms with Gasteiger partial charge >= 0.3 is 0 Å². The highest BCUT2D eigenvalue weighted by Crippen LogP contribution is 2.35. The van der Waals surface area contributed by atoms with E-state index in [1.165, 1.54) is 12.1 Å². The summed E-state index contributed by atoms with van der Waals surface area (Å²) in [4.78, 5) is 22.7. The van der Waals surface area contributed by atoms with Crippen molar-refractivity contribution in [2.45, 2.75) is 6.61 Å². The predicted octanol–water partition coefficient (Wildman–Crippen LogP) is 6.17. The van der Waals surface area contributed by atoms with Crippen molar-refractivity contribution in [3.63, 3.8) is 0 Å². The van der Waals surface area contributed by atoms with E-state index >= 15 is 0 Å². The van der Waals surface area contributed by atoms with Gasteiger partial charge in [0, 0.05) is 17.7 Å². The van der Waals surface area contributed by atoms with Crippen molar-refractivity contribution < 1.29 is 18.8 Å². The van der Waals surface area contributed by atoms with Crippen molar-refractivity contribution in [3.8, 4) is 11.8 Å². The van der Waals surface area contributed by atoms with Crippen LogP contribution >= 0.6 is 23.2 Å². The lowest BCUT2D eigenvalue weighted by Crippen LogP contribution is -2.14. The number of ether oxygens (including phenoxy) is 1. The zero-order valence-electron chi connectivity index (χ0n) is 16.7. The first-order valence-electron chi connectivity index (χ1n) is 9.31. The van der Waals surface area contributed by atoms with Gasteiger partial charge in [-0.15, -0.1) is 0 Å². The molecule has 0 bridgehead atoms. The third-order valence-corrected chi connectivity index (χ3v) is 4.98. The van der Waals surface area contributed by atoms with Crippen LogP contribution in [0, 0.1) is 27.3 Å². The van der Waals surface area contributed by atoms with Crippen molar-refractivity contribution >= 4 is 46.6 Å². The molecule has 0 radical (unpaired) electrons. The number of nitriles is 1. The first-order chi connectivity index (χ1) is 15.8. The molecular formula is C23H14Cl2FN3O4. The molecule has 0 aliphatic carbocycles. The molecule has 0 aliphatic heterocycles. The maximum Gasteiger partial charge on any atom is 0.272 e. The predicted molar refractivity (Wildman–Crippen MR) is 123 cm³/mol. The molecule has 0 spiro atoms. The SMILES string of the molecule is N#C/C(=C\c1ccc(OCc2ccccc2F)cc1)C(=O)Nc1c(Cl)cc([N+](=O)[O-])cc1Cl. The maximum absolute atomic E-state index is 13.7. The van der Waals surface area contributed by atoms with Gasteiger partial charge in [-0.3, -0.25) is 14.9 Å². The van der Waals surface area contributed by atoms with Crippen LogP contribution in [0.4, 0.5) is 15.8 Å². The zero-order chi connectivity index (χ0) is 24.0. The second-order valence-corrected chi connectivity index (χ2v) is 7.43.